The molecule has 0 spiro atoms. The van der Waals surface area contributed by atoms with Gasteiger partial charge in [0.05, 0.1) is 32.5 Å². The Hall–Kier alpha value is -5.20. The number of nitrogen functional groups attached to an aromatic ring is 2. The second-order valence-corrected chi connectivity index (χ2v) is 7.55. The molecule has 0 radical (unpaired) electrons. The average Bonchev–Trinajstić information content (AvgIpc) is 3.20. The molecule has 5 rings (SSSR count). The molecule has 182 valence electrons. The minimum absolute atomic E-state index is 0.0595. The van der Waals surface area contributed by atoms with Gasteiger partial charge in [0.2, 0.25) is 0 Å². The highest BCUT2D eigenvalue weighted by molar-refractivity contribution is 5.98. The summed E-state index contributed by atoms with van der Waals surface area (Å²) in [4.78, 5) is 23.3. The highest BCUT2D eigenvalue weighted by Gasteiger charge is 2.22. The molecular weight excluding hydrogens is 466 g/mol. The van der Waals surface area contributed by atoms with Gasteiger partial charge in [-0.15, -0.1) is 10.2 Å². The number of aromatic nitrogens is 5. The number of azo groups is 1. The number of aromatic amines is 1. The number of nitrogens with two attached hydrogens (primary N) is 2. The molecule has 36 heavy (non-hydrogen) atoms. The maximum Gasteiger partial charge on any atom is 0.347 e. The van der Waals surface area contributed by atoms with E-state index < -0.39 is 5.69 Å². The zero-order valence-corrected chi connectivity index (χ0v) is 19.5. The molecular formula is C23H21N9O4. The van der Waals surface area contributed by atoms with Gasteiger partial charge < -0.3 is 30.7 Å². The number of hydrogen-bond acceptors (Lipinski definition) is 11. The van der Waals surface area contributed by atoms with Crippen LogP contribution in [0.25, 0.3) is 27.9 Å². The van der Waals surface area contributed by atoms with E-state index >= 15 is 0 Å². The van der Waals surface area contributed by atoms with Crippen molar-refractivity contribution in [3.05, 3.63) is 52.9 Å². The molecule has 0 saturated carbocycles. The molecule has 2 aromatic carbocycles. The molecule has 0 bridgehead atoms. The van der Waals surface area contributed by atoms with Crippen molar-refractivity contribution < 1.29 is 14.2 Å². The maximum atomic E-state index is 12.2. The van der Waals surface area contributed by atoms with E-state index in [4.69, 9.17) is 25.7 Å². The molecule has 0 atom stereocenters. The second-order valence-electron chi connectivity index (χ2n) is 7.55. The highest BCUT2D eigenvalue weighted by atomic mass is 16.5. The van der Waals surface area contributed by atoms with Crippen LogP contribution < -0.4 is 31.4 Å². The monoisotopic (exact) mass is 487 g/mol. The van der Waals surface area contributed by atoms with Crippen molar-refractivity contribution in [3.8, 4) is 28.5 Å². The van der Waals surface area contributed by atoms with E-state index in [9.17, 15) is 4.79 Å². The molecule has 0 aliphatic heterocycles. The molecule has 0 saturated heterocycles. The maximum absolute atomic E-state index is 12.2. The Morgan fingerprint density at radius 3 is 2.33 bits per heavy atom. The summed E-state index contributed by atoms with van der Waals surface area (Å²) in [5.74, 6) is 1.70. The summed E-state index contributed by atoms with van der Waals surface area (Å²) in [5.41, 5.74) is 14.4. The lowest BCUT2D eigenvalue weighted by atomic mass is 10.1. The summed E-state index contributed by atoms with van der Waals surface area (Å²) < 4.78 is 17.4. The summed E-state index contributed by atoms with van der Waals surface area (Å²) >= 11 is 0. The lowest BCUT2D eigenvalue weighted by molar-refractivity contribution is 0.355. The molecule has 3 aromatic heterocycles. The van der Waals surface area contributed by atoms with E-state index in [1.54, 1.807) is 49.6 Å². The van der Waals surface area contributed by atoms with E-state index in [-0.39, 0.29) is 28.5 Å². The van der Waals surface area contributed by atoms with E-state index in [1.165, 1.54) is 18.7 Å². The second kappa shape index (κ2) is 8.87. The Kier molecular flexibility index (Phi) is 5.56. The lowest BCUT2D eigenvalue weighted by Gasteiger charge is -2.13. The molecule has 0 unspecified atom stereocenters. The number of hydrogen-bond donors (Lipinski definition) is 3. The van der Waals surface area contributed by atoms with Gasteiger partial charge in [-0.2, -0.15) is 10.1 Å². The predicted octanol–water partition coefficient (Wildman–Crippen LogP) is 3.24. The number of H-pyrrole nitrogens is 1. The first-order valence-electron chi connectivity index (χ1n) is 10.6. The van der Waals surface area contributed by atoms with Crippen LogP contribution in [0.5, 0.6) is 17.2 Å². The number of methoxy groups -OCH3 is 3. The average molecular weight is 487 g/mol. The first-order valence-corrected chi connectivity index (χ1v) is 10.6. The number of ether oxygens (including phenoxy) is 3. The Bertz CT molecular complexity index is 1690. The third-order valence-electron chi connectivity index (χ3n) is 5.46. The van der Waals surface area contributed by atoms with Crippen LogP contribution in [0.15, 0.2) is 57.5 Å². The summed E-state index contributed by atoms with van der Waals surface area (Å²) in [6.07, 6.45) is 0. The predicted molar refractivity (Wildman–Crippen MR) is 133 cm³/mol. The van der Waals surface area contributed by atoms with Gasteiger partial charge in [-0.1, -0.05) is 0 Å². The first kappa shape index (κ1) is 22.6. The van der Waals surface area contributed by atoms with Crippen molar-refractivity contribution in [2.24, 2.45) is 10.2 Å². The van der Waals surface area contributed by atoms with E-state index in [1.807, 2.05) is 0 Å². The number of nitrogens with one attached hydrogen (secondary N) is 1. The smallest absolute Gasteiger partial charge is 0.347 e. The first-order chi connectivity index (χ1) is 17.4. The molecule has 3 heterocycles. The van der Waals surface area contributed by atoms with Crippen LogP contribution >= 0.6 is 0 Å². The molecule has 13 heteroatoms. The van der Waals surface area contributed by atoms with Crippen molar-refractivity contribution in [2.45, 2.75) is 0 Å². The van der Waals surface area contributed by atoms with Crippen molar-refractivity contribution >= 4 is 39.7 Å². The molecule has 0 fully saturated rings. The zero-order valence-electron chi connectivity index (χ0n) is 19.5. The number of benzene rings is 2. The van der Waals surface area contributed by atoms with Gasteiger partial charge in [0.25, 0.3) is 0 Å². The van der Waals surface area contributed by atoms with Crippen LogP contribution in [-0.2, 0) is 0 Å². The van der Waals surface area contributed by atoms with Crippen LogP contribution in [0.3, 0.4) is 0 Å². The Morgan fingerprint density at radius 2 is 1.64 bits per heavy atom. The highest BCUT2D eigenvalue weighted by Crippen LogP contribution is 2.38. The van der Waals surface area contributed by atoms with Gasteiger partial charge in [-0.3, -0.25) is 0 Å². The fraction of sp³-hybridized carbons (Fsp3) is 0.130. The molecule has 13 nitrogen and oxygen atoms in total. The molecule has 5 aromatic rings. The normalized spacial score (nSPS) is 11.4. The van der Waals surface area contributed by atoms with Crippen LogP contribution in [0, 0.1) is 0 Å². The third-order valence-corrected chi connectivity index (χ3v) is 5.46. The molecule has 0 aliphatic carbocycles. The van der Waals surface area contributed by atoms with Crippen molar-refractivity contribution in [3.63, 3.8) is 0 Å². The van der Waals surface area contributed by atoms with Gasteiger partial charge in [-0.05, 0) is 42.5 Å². The van der Waals surface area contributed by atoms with Crippen LogP contribution in [0.2, 0.25) is 0 Å². The van der Waals surface area contributed by atoms with E-state index in [2.05, 4.69) is 30.3 Å². The van der Waals surface area contributed by atoms with Crippen LogP contribution in [-0.4, -0.2) is 45.9 Å². The van der Waals surface area contributed by atoms with Gasteiger partial charge in [0.15, 0.2) is 34.5 Å². The summed E-state index contributed by atoms with van der Waals surface area (Å²) in [6.45, 7) is 0. The largest absolute Gasteiger partial charge is 0.497 e. The standard InChI is InChI=1S/C23H21N9O4/c1-34-13-7-5-12(6-8-13)29-30-18-21(25)31-32-19(11-4-9-14(35-2)15(10-11)36-3)16-17(26-22(18)32)20(24)28-23(33)27-16/h4-10H,1-3H3,(H2,25,31)(H3,24,27,28,33). The molecule has 5 N–H and O–H groups in total. The van der Waals surface area contributed by atoms with Gasteiger partial charge >= 0.3 is 5.69 Å². The van der Waals surface area contributed by atoms with Gasteiger partial charge in [-0.25, -0.2) is 14.3 Å². The minimum atomic E-state index is -0.637. The molecule has 0 amide bonds. The van der Waals surface area contributed by atoms with Crippen molar-refractivity contribution in [2.75, 3.05) is 32.8 Å². The minimum Gasteiger partial charge on any atom is -0.497 e. The quantitative estimate of drug-likeness (QED) is 0.303. The number of anilines is 2. The van der Waals surface area contributed by atoms with Crippen LogP contribution in [0.4, 0.5) is 23.0 Å². The van der Waals surface area contributed by atoms with E-state index in [0.29, 0.717) is 39.7 Å². The Labute approximate surface area is 203 Å². The van der Waals surface area contributed by atoms with E-state index in [0.717, 1.165) is 0 Å². The fourth-order valence-electron chi connectivity index (χ4n) is 3.76. The number of rotatable bonds is 6. The zero-order chi connectivity index (χ0) is 25.4. The summed E-state index contributed by atoms with van der Waals surface area (Å²) in [7, 11) is 4.64. The summed E-state index contributed by atoms with van der Waals surface area (Å²) in [6, 6.07) is 12.3. The Balaban J connectivity index is 1.78. The van der Waals surface area contributed by atoms with Crippen molar-refractivity contribution in [1.82, 2.24) is 24.6 Å². The number of fused-ring (bicyclic) bond motifs is 2. The third kappa shape index (κ3) is 3.77. The molecule has 0 aliphatic rings. The Morgan fingerprint density at radius 1 is 0.889 bits per heavy atom. The fourth-order valence-corrected chi connectivity index (χ4v) is 3.76. The number of nitrogens with zero attached hydrogens (tertiary/aromatic N) is 6. The van der Waals surface area contributed by atoms with Crippen molar-refractivity contribution in [1.29, 1.82) is 0 Å². The van der Waals surface area contributed by atoms with Gasteiger partial charge in [0.1, 0.15) is 17.0 Å². The lowest BCUT2D eigenvalue weighted by Crippen LogP contribution is -2.15. The SMILES string of the molecule is COc1ccc(N=Nc2c(N)nn3c(-c4ccc(OC)c(OC)c4)c4[nH]c(=O)nc(N)c4nc23)cc1. The van der Waals surface area contributed by atoms with Gasteiger partial charge in [0, 0.05) is 5.56 Å². The summed E-state index contributed by atoms with van der Waals surface area (Å²) in [5, 5.41) is 13.0. The van der Waals surface area contributed by atoms with Crippen LogP contribution in [0.1, 0.15) is 0 Å². The topological polar surface area (TPSA) is 180 Å².